The number of halogens is 3. The molecule has 2 N–H and O–H groups in total. The summed E-state index contributed by atoms with van der Waals surface area (Å²) in [6, 6.07) is 12.6. The van der Waals surface area contributed by atoms with Crippen molar-refractivity contribution in [1.29, 1.82) is 0 Å². The first kappa shape index (κ1) is 21.5. The Bertz CT molecular complexity index is 1320. The lowest BCUT2D eigenvalue weighted by Gasteiger charge is -2.25. The third-order valence-corrected chi connectivity index (χ3v) is 6.15. The van der Waals surface area contributed by atoms with E-state index < -0.39 is 17.3 Å². The van der Waals surface area contributed by atoms with Crippen molar-refractivity contribution in [2.45, 2.75) is 19.2 Å². The number of H-pyrrole nitrogens is 1. The van der Waals surface area contributed by atoms with Crippen molar-refractivity contribution >= 4 is 22.4 Å². The maximum absolute atomic E-state index is 13.8. The Labute approximate surface area is 187 Å². The number of hydrogen-bond donors (Lipinski definition) is 2. The van der Waals surface area contributed by atoms with E-state index in [0.29, 0.717) is 41.3 Å². The summed E-state index contributed by atoms with van der Waals surface area (Å²) in [5.74, 6) is 5.81. The van der Waals surface area contributed by atoms with E-state index in [9.17, 15) is 18.0 Å². The lowest BCUT2D eigenvalue weighted by Crippen LogP contribution is -2.38. The highest BCUT2D eigenvalue weighted by molar-refractivity contribution is 5.91. The first-order chi connectivity index (χ1) is 15.9. The van der Waals surface area contributed by atoms with Gasteiger partial charge in [0.15, 0.2) is 0 Å². The number of nitrogens with one attached hydrogen (secondary N) is 2. The van der Waals surface area contributed by atoms with E-state index in [1.54, 1.807) is 18.2 Å². The van der Waals surface area contributed by atoms with Gasteiger partial charge in [-0.15, -0.1) is 0 Å². The van der Waals surface area contributed by atoms with Gasteiger partial charge in [0.1, 0.15) is 11.2 Å². The second kappa shape index (κ2) is 8.21. The van der Waals surface area contributed by atoms with Crippen LogP contribution in [0.25, 0.3) is 10.9 Å². The van der Waals surface area contributed by atoms with Crippen molar-refractivity contribution in [2.24, 2.45) is 5.41 Å². The van der Waals surface area contributed by atoms with Gasteiger partial charge in [-0.25, -0.2) is 4.79 Å². The van der Waals surface area contributed by atoms with Crippen LogP contribution in [0.15, 0.2) is 47.3 Å². The molecule has 1 aromatic heterocycles. The van der Waals surface area contributed by atoms with Crippen molar-refractivity contribution < 1.29 is 17.9 Å². The molecular formula is C24H21F3N4O2. The van der Waals surface area contributed by atoms with Gasteiger partial charge < -0.3 is 19.9 Å². The third-order valence-electron chi connectivity index (χ3n) is 6.15. The Morgan fingerprint density at radius 2 is 2.00 bits per heavy atom. The van der Waals surface area contributed by atoms with Crippen LogP contribution >= 0.6 is 0 Å². The quantitative estimate of drug-likeness (QED) is 0.551. The highest BCUT2D eigenvalue weighted by Gasteiger charge is 2.55. The van der Waals surface area contributed by atoms with E-state index in [2.05, 4.69) is 27.1 Å². The number of nitrogens with zero attached hydrogens (tertiary/aromatic N) is 2. The molecule has 0 aliphatic carbocycles. The van der Waals surface area contributed by atoms with Crippen molar-refractivity contribution in [1.82, 2.24) is 15.3 Å². The molecule has 0 saturated carbocycles. The highest BCUT2D eigenvalue weighted by atomic mass is 19.4. The Hall–Kier alpha value is -3.35. The minimum atomic E-state index is -4.42. The van der Waals surface area contributed by atoms with Crippen molar-refractivity contribution in [3.05, 3.63) is 64.1 Å². The summed E-state index contributed by atoms with van der Waals surface area (Å²) in [6.45, 7) is 1.06. The zero-order chi connectivity index (χ0) is 23.1. The predicted octanol–water partition coefficient (Wildman–Crippen LogP) is 3.48. The fraction of sp³-hybridized carbons (Fsp3) is 0.333. The van der Waals surface area contributed by atoms with Crippen LogP contribution in [0.3, 0.4) is 0 Å². The zero-order valence-electron chi connectivity index (χ0n) is 17.6. The van der Waals surface area contributed by atoms with Crippen LogP contribution in [0.1, 0.15) is 17.5 Å². The van der Waals surface area contributed by atoms with E-state index in [1.165, 1.54) is 0 Å². The lowest BCUT2D eigenvalue weighted by molar-refractivity contribution is -0.195. The summed E-state index contributed by atoms with van der Waals surface area (Å²) < 4.78 is 47.1. The van der Waals surface area contributed by atoms with Crippen LogP contribution in [0.5, 0.6) is 0 Å². The summed E-state index contributed by atoms with van der Waals surface area (Å²) >= 11 is 0. The number of rotatable bonds is 1. The molecule has 0 spiro atoms. The third kappa shape index (κ3) is 3.86. The summed E-state index contributed by atoms with van der Waals surface area (Å²) in [7, 11) is 0. The molecule has 1 unspecified atom stereocenters. The fourth-order valence-corrected chi connectivity index (χ4v) is 4.36. The molecule has 2 aliphatic rings. The smallest absolute Gasteiger partial charge is 0.375 e. The largest absolute Gasteiger partial charge is 0.406 e. The van der Waals surface area contributed by atoms with Crippen LogP contribution in [0, 0.1) is 17.3 Å². The number of fused-ring (bicyclic) bond motifs is 2. The van der Waals surface area contributed by atoms with Gasteiger partial charge in [-0.3, -0.25) is 0 Å². The maximum atomic E-state index is 13.8. The van der Waals surface area contributed by atoms with Gasteiger partial charge in [0, 0.05) is 35.3 Å². The highest BCUT2D eigenvalue weighted by Crippen LogP contribution is 2.42. The Balaban J connectivity index is 1.63. The average molecular weight is 454 g/mol. The summed E-state index contributed by atoms with van der Waals surface area (Å²) in [5, 5.41) is 3.54. The normalized spacial score (nSPS) is 20.8. The van der Waals surface area contributed by atoms with E-state index >= 15 is 0 Å². The van der Waals surface area contributed by atoms with Crippen LogP contribution < -0.4 is 15.9 Å². The molecule has 170 valence electrons. The summed E-state index contributed by atoms with van der Waals surface area (Å²) in [5.41, 5.74) is -0.0247. The molecular weight excluding hydrogens is 433 g/mol. The molecule has 3 heterocycles. The molecule has 3 aromatic rings. The second-order valence-corrected chi connectivity index (χ2v) is 8.18. The summed E-state index contributed by atoms with van der Waals surface area (Å²) in [4.78, 5) is 21.1. The van der Waals surface area contributed by atoms with Gasteiger partial charge in [-0.1, -0.05) is 30.0 Å². The molecule has 9 heteroatoms. The first-order valence-electron chi connectivity index (χ1n) is 10.6. The van der Waals surface area contributed by atoms with Gasteiger partial charge in [0.25, 0.3) is 0 Å². The Kier molecular flexibility index (Phi) is 5.35. The van der Waals surface area contributed by atoms with Gasteiger partial charge in [-0.2, -0.15) is 18.2 Å². The molecule has 0 bridgehead atoms. The number of benzene rings is 2. The van der Waals surface area contributed by atoms with Crippen molar-refractivity contribution in [2.75, 3.05) is 31.1 Å². The van der Waals surface area contributed by atoms with E-state index in [-0.39, 0.29) is 26.1 Å². The number of aromatic amines is 1. The number of para-hydroxylation sites is 1. The average Bonchev–Trinajstić information content (AvgIpc) is 3.18. The zero-order valence-corrected chi connectivity index (χ0v) is 17.6. The molecule has 2 aromatic carbocycles. The number of anilines is 2. The van der Waals surface area contributed by atoms with Gasteiger partial charge >= 0.3 is 11.9 Å². The first-order valence-corrected chi connectivity index (χ1v) is 10.6. The number of hydrogen-bond acceptors (Lipinski definition) is 5. The van der Waals surface area contributed by atoms with Crippen molar-refractivity contribution in [3.63, 3.8) is 0 Å². The van der Waals surface area contributed by atoms with Crippen LogP contribution in [0.4, 0.5) is 24.7 Å². The van der Waals surface area contributed by atoms with Crippen LogP contribution in [-0.2, 0) is 11.3 Å². The molecule has 1 saturated heterocycles. The second-order valence-electron chi connectivity index (χ2n) is 8.18. The van der Waals surface area contributed by atoms with Gasteiger partial charge in [0.05, 0.1) is 18.7 Å². The molecule has 0 amide bonds. The van der Waals surface area contributed by atoms with Crippen molar-refractivity contribution in [3.8, 4) is 11.8 Å². The summed E-state index contributed by atoms with van der Waals surface area (Å²) in [6.07, 6.45) is -4.50. The van der Waals surface area contributed by atoms with Crippen LogP contribution in [-0.4, -0.2) is 42.4 Å². The van der Waals surface area contributed by atoms with E-state index in [0.717, 1.165) is 5.39 Å². The molecule has 6 nitrogen and oxygen atoms in total. The number of ether oxygens (including phenoxy) is 1. The molecule has 0 radical (unpaired) electrons. The Morgan fingerprint density at radius 3 is 2.79 bits per heavy atom. The van der Waals surface area contributed by atoms with E-state index in [1.807, 2.05) is 29.2 Å². The molecule has 2 aliphatic heterocycles. The SMILES string of the molecule is O=c1nc(N2CCOCc3c(C#CC4(C(F)(F)F)CCNC4)cccc32)c2ccccc2[nH]1. The molecule has 5 rings (SSSR count). The molecule has 1 atom stereocenters. The number of aromatic nitrogens is 2. The maximum Gasteiger partial charge on any atom is 0.406 e. The fourth-order valence-electron chi connectivity index (χ4n) is 4.36. The monoisotopic (exact) mass is 454 g/mol. The van der Waals surface area contributed by atoms with Crippen LogP contribution in [0.2, 0.25) is 0 Å². The predicted molar refractivity (Wildman–Crippen MR) is 118 cm³/mol. The van der Waals surface area contributed by atoms with Gasteiger partial charge in [0.2, 0.25) is 0 Å². The number of alkyl halides is 3. The van der Waals surface area contributed by atoms with Gasteiger partial charge in [-0.05, 0) is 37.2 Å². The Morgan fingerprint density at radius 1 is 1.15 bits per heavy atom. The molecule has 33 heavy (non-hydrogen) atoms. The van der Waals surface area contributed by atoms with E-state index in [4.69, 9.17) is 4.74 Å². The molecule has 1 fully saturated rings. The minimum absolute atomic E-state index is 0.0795. The standard InChI is InChI=1S/C24H21F3N4O2/c25-24(26,27)23(10-11-28-15-23)9-8-16-4-3-7-20-18(16)14-33-13-12-31(20)21-17-5-1-2-6-19(17)29-22(32)30-21/h1-7,28H,10-15H2,(H,29,30,32). The minimum Gasteiger partial charge on any atom is -0.375 e. The lowest BCUT2D eigenvalue weighted by atomic mass is 9.86. The topological polar surface area (TPSA) is 70.2 Å².